The smallest absolute Gasteiger partial charge is 0.228 e. The molecule has 2 aromatic rings. The quantitative estimate of drug-likeness (QED) is 0.842. The number of halogens is 1. The molecule has 1 aliphatic rings. The van der Waals surface area contributed by atoms with Gasteiger partial charge >= 0.3 is 0 Å². The minimum atomic E-state index is -0.268. The number of rotatable bonds is 3. The van der Waals surface area contributed by atoms with Crippen LogP contribution in [0.2, 0.25) is 0 Å². The van der Waals surface area contributed by atoms with Crippen LogP contribution in [0.15, 0.2) is 48.5 Å². The molecule has 1 aliphatic carbocycles. The van der Waals surface area contributed by atoms with Crippen molar-refractivity contribution in [1.29, 1.82) is 0 Å². The fourth-order valence-corrected chi connectivity index (χ4v) is 2.41. The fraction of sp³-hybridized carbons (Fsp3) is 0.188. The molecule has 2 atom stereocenters. The summed E-state index contributed by atoms with van der Waals surface area (Å²) in [5.41, 5.74) is 0.974. The number of hydrogen-bond donors (Lipinski definition) is 2. The molecule has 1 saturated carbocycles. The van der Waals surface area contributed by atoms with Gasteiger partial charge in [0.05, 0.1) is 5.69 Å². The first-order valence-electron chi connectivity index (χ1n) is 6.50. The van der Waals surface area contributed by atoms with Gasteiger partial charge in [0.1, 0.15) is 11.6 Å². The maximum Gasteiger partial charge on any atom is 0.228 e. The van der Waals surface area contributed by atoms with Crippen molar-refractivity contribution in [2.75, 3.05) is 5.32 Å². The maximum atomic E-state index is 13.6. The van der Waals surface area contributed by atoms with Crippen LogP contribution in [0.5, 0.6) is 5.75 Å². The molecule has 2 aromatic carbocycles. The monoisotopic (exact) mass is 271 g/mol. The number of anilines is 1. The Balaban J connectivity index is 1.69. The lowest BCUT2D eigenvalue weighted by atomic mass is 10.1. The number of nitrogens with one attached hydrogen (secondary N) is 1. The first-order chi connectivity index (χ1) is 9.66. The van der Waals surface area contributed by atoms with Crippen molar-refractivity contribution < 1.29 is 14.3 Å². The summed E-state index contributed by atoms with van der Waals surface area (Å²) in [6.45, 7) is 0. The van der Waals surface area contributed by atoms with E-state index in [1.807, 2.05) is 0 Å². The second-order valence-corrected chi connectivity index (χ2v) is 4.98. The molecule has 0 aliphatic heterocycles. The Hall–Kier alpha value is -2.36. The van der Waals surface area contributed by atoms with Gasteiger partial charge in [0.2, 0.25) is 5.91 Å². The van der Waals surface area contributed by atoms with Crippen molar-refractivity contribution in [1.82, 2.24) is 0 Å². The molecule has 0 aromatic heterocycles. The minimum absolute atomic E-state index is 0.0314. The van der Waals surface area contributed by atoms with Crippen molar-refractivity contribution in [3.05, 3.63) is 59.9 Å². The molecule has 0 unspecified atom stereocenters. The summed E-state index contributed by atoms with van der Waals surface area (Å²) >= 11 is 0. The molecule has 0 radical (unpaired) electrons. The number of phenolic OH excluding ortho intramolecular Hbond substituents is 1. The molecule has 3 rings (SSSR count). The molecule has 20 heavy (non-hydrogen) atoms. The number of benzene rings is 2. The van der Waals surface area contributed by atoms with Gasteiger partial charge in [-0.1, -0.05) is 30.3 Å². The predicted molar refractivity (Wildman–Crippen MR) is 74.0 cm³/mol. The van der Waals surface area contributed by atoms with Gasteiger partial charge in [0.25, 0.3) is 0 Å². The second-order valence-electron chi connectivity index (χ2n) is 4.98. The van der Waals surface area contributed by atoms with Crippen LogP contribution in [-0.4, -0.2) is 11.0 Å². The van der Waals surface area contributed by atoms with Crippen LogP contribution in [-0.2, 0) is 4.79 Å². The van der Waals surface area contributed by atoms with Crippen LogP contribution in [0.4, 0.5) is 10.1 Å². The van der Waals surface area contributed by atoms with E-state index in [1.54, 1.807) is 36.4 Å². The van der Waals surface area contributed by atoms with Gasteiger partial charge in [-0.25, -0.2) is 4.39 Å². The molecular weight excluding hydrogens is 257 g/mol. The lowest BCUT2D eigenvalue weighted by Crippen LogP contribution is -2.14. The van der Waals surface area contributed by atoms with Crippen LogP contribution in [0.3, 0.4) is 0 Å². The molecule has 1 amide bonds. The van der Waals surface area contributed by atoms with E-state index in [0.29, 0.717) is 17.7 Å². The van der Waals surface area contributed by atoms with E-state index in [1.165, 1.54) is 12.1 Å². The Kier molecular flexibility index (Phi) is 3.14. The van der Waals surface area contributed by atoms with Crippen LogP contribution in [0, 0.1) is 11.7 Å². The van der Waals surface area contributed by atoms with E-state index in [4.69, 9.17) is 0 Å². The standard InChI is InChI=1S/C16H14FNO2/c17-13-6-2-1-5-10(13)11-9-12(11)16(20)18-14-7-3-4-8-15(14)19/h1-8,11-12,19H,9H2,(H,18,20)/t11-,12+/m0/s1. The highest BCUT2D eigenvalue weighted by molar-refractivity contribution is 5.96. The summed E-state index contributed by atoms with van der Waals surface area (Å²) < 4.78 is 13.6. The molecule has 102 valence electrons. The summed E-state index contributed by atoms with van der Waals surface area (Å²) in [4.78, 5) is 12.1. The lowest BCUT2D eigenvalue weighted by Gasteiger charge is -2.07. The molecule has 0 heterocycles. The average molecular weight is 271 g/mol. The summed E-state index contributed by atoms with van der Waals surface area (Å²) in [6.07, 6.45) is 0.639. The van der Waals surface area contributed by atoms with Crippen LogP contribution in [0.1, 0.15) is 17.9 Å². The van der Waals surface area contributed by atoms with Crippen molar-refractivity contribution >= 4 is 11.6 Å². The molecular formula is C16H14FNO2. The molecule has 0 saturated heterocycles. The van der Waals surface area contributed by atoms with Gasteiger partial charge in [0, 0.05) is 5.92 Å². The Morgan fingerprint density at radius 2 is 1.85 bits per heavy atom. The highest BCUT2D eigenvalue weighted by Gasteiger charge is 2.45. The van der Waals surface area contributed by atoms with Crippen molar-refractivity contribution in [2.45, 2.75) is 12.3 Å². The van der Waals surface area contributed by atoms with E-state index < -0.39 is 0 Å². The summed E-state index contributed by atoms with van der Waals surface area (Å²) in [6, 6.07) is 13.1. The number of aromatic hydroxyl groups is 1. The number of carbonyl (C=O) groups excluding carboxylic acids is 1. The van der Waals surface area contributed by atoms with Crippen LogP contribution < -0.4 is 5.32 Å². The topological polar surface area (TPSA) is 49.3 Å². The fourth-order valence-electron chi connectivity index (χ4n) is 2.41. The molecule has 0 spiro atoms. The number of carbonyl (C=O) groups is 1. The van der Waals surface area contributed by atoms with E-state index in [2.05, 4.69) is 5.32 Å². The first kappa shape index (κ1) is 12.7. The average Bonchev–Trinajstić information content (AvgIpc) is 3.22. The first-order valence-corrected chi connectivity index (χ1v) is 6.50. The van der Waals surface area contributed by atoms with Gasteiger partial charge in [0.15, 0.2) is 0 Å². The summed E-state index contributed by atoms with van der Waals surface area (Å²) in [7, 11) is 0. The summed E-state index contributed by atoms with van der Waals surface area (Å²) in [5.74, 6) is -0.715. The Bertz CT molecular complexity index is 656. The van der Waals surface area contributed by atoms with Crippen LogP contribution >= 0.6 is 0 Å². The Morgan fingerprint density at radius 3 is 2.60 bits per heavy atom. The van der Waals surface area contributed by atoms with Gasteiger partial charge in [-0.15, -0.1) is 0 Å². The minimum Gasteiger partial charge on any atom is -0.506 e. The largest absolute Gasteiger partial charge is 0.506 e. The highest BCUT2D eigenvalue weighted by atomic mass is 19.1. The van der Waals surface area contributed by atoms with Crippen molar-refractivity contribution in [2.24, 2.45) is 5.92 Å². The maximum absolute atomic E-state index is 13.6. The number of phenols is 1. The third-order valence-corrected chi connectivity index (χ3v) is 3.59. The molecule has 3 nitrogen and oxygen atoms in total. The zero-order valence-corrected chi connectivity index (χ0v) is 10.7. The van der Waals surface area contributed by atoms with Gasteiger partial charge in [-0.3, -0.25) is 4.79 Å². The third kappa shape index (κ3) is 2.37. The number of hydrogen-bond acceptors (Lipinski definition) is 2. The van der Waals surface area contributed by atoms with E-state index in [-0.39, 0.29) is 29.3 Å². The predicted octanol–water partition coefficient (Wildman–Crippen LogP) is 3.27. The van der Waals surface area contributed by atoms with E-state index >= 15 is 0 Å². The lowest BCUT2D eigenvalue weighted by molar-refractivity contribution is -0.117. The number of para-hydroxylation sites is 2. The molecule has 0 bridgehead atoms. The third-order valence-electron chi connectivity index (χ3n) is 3.59. The zero-order valence-electron chi connectivity index (χ0n) is 10.7. The van der Waals surface area contributed by atoms with Gasteiger partial charge in [-0.2, -0.15) is 0 Å². The van der Waals surface area contributed by atoms with Crippen molar-refractivity contribution in [3.63, 3.8) is 0 Å². The molecule has 2 N–H and O–H groups in total. The van der Waals surface area contributed by atoms with Crippen LogP contribution in [0.25, 0.3) is 0 Å². The summed E-state index contributed by atoms with van der Waals surface area (Å²) in [5, 5.41) is 12.3. The van der Waals surface area contributed by atoms with Gasteiger partial charge in [-0.05, 0) is 36.1 Å². The van der Waals surface area contributed by atoms with Gasteiger partial charge < -0.3 is 10.4 Å². The molecule has 1 fully saturated rings. The Morgan fingerprint density at radius 1 is 1.15 bits per heavy atom. The zero-order chi connectivity index (χ0) is 14.1. The molecule has 4 heteroatoms. The van der Waals surface area contributed by atoms with E-state index in [9.17, 15) is 14.3 Å². The normalized spacial score (nSPS) is 20.4. The van der Waals surface area contributed by atoms with Crippen molar-refractivity contribution in [3.8, 4) is 5.75 Å². The van der Waals surface area contributed by atoms with E-state index in [0.717, 1.165) is 0 Å². The second kappa shape index (κ2) is 4.96. The highest BCUT2D eigenvalue weighted by Crippen LogP contribution is 2.48. The Labute approximate surface area is 116 Å². The number of amides is 1. The SMILES string of the molecule is O=C(Nc1ccccc1O)[C@@H]1C[C@H]1c1ccccc1F.